The molecule has 0 aromatic carbocycles. The predicted octanol–water partition coefficient (Wildman–Crippen LogP) is 3.13. The van der Waals surface area contributed by atoms with Crippen LogP contribution in [0.2, 0.25) is 0 Å². The molecule has 1 rings (SSSR count). The van der Waals surface area contributed by atoms with Crippen molar-refractivity contribution >= 4 is 0 Å². The van der Waals surface area contributed by atoms with E-state index in [9.17, 15) is 26.3 Å². The van der Waals surface area contributed by atoms with Crippen molar-refractivity contribution in [2.45, 2.75) is 12.4 Å². The number of alkyl halides is 6. The van der Waals surface area contributed by atoms with Crippen LogP contribution in [-0.4, -0.2) is 12.1 Å². The van der Waals surface area contributed by atoms with Gasteiger partial charge in [-0.05, 0) is 6.07 Å². The smallest absolute Gasteiger partial charge is 0.433 e. The first-order valence-electron chi connectivity index (χ1n) is 3.84. The number of pyridine rings is 1. The Labute approximate surface area is 85.9 Å². The summed E-state index contributed by atoms with van der Waals surface area (Å²) >= 11 is 0. The van der Waals surface area contributed by atoms with Gasteiger partial charge < -0.3 is 4.74 Å². The zero-order valence-electron chi connectivity index (χ0n) is 7.78. The molecule has 0 radical (unpaired) electrons. The van der Waals surface area contributed by atoms with Crippen LogP contribution in [0.5, 0.6) is 5.75 Å². The van der Waals surface area contributed by atoms with E-state index >= 15 is 0 Å². The van der Waals surface area contributed by atoms with Gasteiger partial charge in [0.15, 0.2) is 0 Å². The molecule has 0 atom stereocenters. The van der Waals surface area contributed by atoms with Gasteiger partial charge in [0.2, 0.25) is 0 Å². The maximum atomic E-state index is 12.3. The van der Waals surface area contributed by atoms with Gasteiger partial charge in [-0.25, -0.2) is 4.98 Å². The van der Waals surface area contributed by atoms with Crippen LogP contribution in [0.1, 0.15) is 11.3 Å². The third-order valence-electron chi connectivity index (χ3n) is 1.68. The summed E-state index contributed by atoms with van der Waals surface area (Å²) in [6, 6.07) is -0.0845. The molecule has 0 amide bonds. The summed E-state index contributed by atoms with van der Waals surface area (Å²) in [6.45, 7) is 0. The van der Waals surface area contributed by atoms with E-state index in [2.05, 4.69) is 9.72 Å². The molecule has 0 aliphatic rings. The second-order valence-corrected chi connectivity index (χ2v) is 2.77. The maximum Gasteiger partial charge on any atom is 0.433 e. The molecular weight excluding hydrogens is 240 g/mol. The summed E-state index contributed by atoms with van der Waals surface area (Å²) in [5.74, 6) is -0.750. The fourth-order valence-corrected chi connectivity index (χ4v) is 0.982. The number of nitrogens with zero attached hydrogens (tertiary/aromatic N) is 1. The SMILES string of the molecule is COc1cnc(C(F)(F)F)cc1C(F)(F)F. The van der Waals surface area contributed by atoms with Gasteiger partial charge in [-0.1, -0.05) is 0 Å². The van der Waals surface area contributed by atoms with Crippen LogP contribution in [0.3, 0.4) is 0 Å². The van der Waals surface area contributed by atoms with Gasteiger partial charge in [0.25, 0.3) is 0 Å². The monoisotopic (exact) mass is 245 g/mol. The second kappa shape index (κ2) is 3.84. The number of rotatable bonds is 1. The van der Waals surface area contributed by atoms with E-state index in [0.29, 0.717) is 6.20 Å². The molecule has 0 unspecified atom stereocenters. The fraction of sp³-hybridized carbons (Fsp3) is 0.375. The molecular formula is C8H5F6NO. The number of hydrogen-bond acceptors (Lipinski definition) is 2. The number of hydrogen-bond donors (Lipinski definition) is 0. The molecule has 0 aliphatic carbocycles. The van der Waals surface area contributed by atoms with Crippen LogP contribution in [0, 0.1) is 0 Å². The first kappa shape index (κ1) is 12.6. The molecule has 0 aliphatic heterocycles. The minimum atomic E-state index is -4.92. The highest BCUT2D eigenvalue weighted by Gasteiger charge is 2.39. The highest BCUT2D eigenvalue weighted by molar-refractivity contribution is 5.35. The maximum absolute atomic E-state index is 12.3. The van der Waals surface area contributed by atoms with Crippen molar-refractivity contribution in [2.75, 3.05) is 7.11 Å². The zero-order chi connectivity index (χ0) is 12.6. The lowest BCUT2D eigenvalue weighted by molar-refractivity contribution is -0.146. The van der Waals surface area contributed by atoms with E-state index in [-0.39, 0.29) is 6.07 Å². The second-order valence-electron chi connectivity index (χ2n) is 2.77. The van der Waals surface area contributed by atoms with E-state index in [4.69, 9.17) is 0 Å². The van der Waals surface area contributed by atoms with Crippen molar-refractivity contribution in [3.05, 3.63) is 23.5 Å². The van der Waals surface area contributed by atoms with Crippen molar-refractivity contribution in [2.24, 2.45) is 0 Å². The summed E-state index contributed by atoms with van der Waals surface area (Å²) in [5.41, 5.74) is -3.11. The molecule has 2 nitrogen and oxygen atoms in total. The average Bonchev–Trinajstić information content (AvgIpc) is 2.14. The summed E-state index contributed by atoms with van der Waals surface area (Å²) in [7, 11) is 0.916. The first-order valence-corrected chi connectivity index (χ1v) is 3.84. The summed E-state index contributed by atoms with van der Waals surface area (Å²) in [4.78, 5) is 2.84. The molecule has 1 aromatic heterocycles. The van der Waals surface area contributed by atoms with E-state index in [0.717, 1.165) is 7.11 Å². The lowest BCUT2D eigenvalue weighted by Gasteiger charge is -2.13. The van der Waals surface area contributed by atoms with Crippen LogP contribution in [0.25, 0.3) is 0 Å². The standard InChI is InChI=1S/C8H5F6NO/c1-16-5-3-15-6(8(12,13)14)2-4(5)7(9,10)11/h2-3H,1H3. The minimum absolute atomic E-state index is 0.0845. The Morgan fingerprint density at radius 2 is 1.62 bits per heavy atom. The van der Waals surface area contributed by atoms with Gasteiger partial charge in [0, 0.05) is 0 Å². The topological polar surface area (TPSA) is 22.1 Å². The van der Waals surface area contributed by atoms with Gasteiger partial charge >= 0.3 is 12.4 Å². The molecule has 0 saturated carbocycles. The van der Waals surface area contributed by atoms with Gasteiger partial charge in [0.1, 0.15) is 17.0 Å². The first-order chi connectivity index (χ1) is 7.16. The minimum Gasteiger partial charge on any atom is -0.495 e. The molecule has 90 valence electrons. The number of ether oxygens (including phenoxy) is 1. The molecule has 0 N–H and O–H groups in total. The number of halogens is 6. The Balaban J connectivity index is 3.34. The lowest BCUT2D eigenvalue weighted by atomic mass is 10.2. The van der Waals surface area contributed by atoms with Crippen molar-refractivity contribution < 1.29 is 31.1 Å². The average molecular weight is 245 g/mol. The Hall–Kier alpha value is -1.47. The quantitative estimate of drug-likeness (QED) is 0.709. The molecule has 0 spiro atoms. The van der Waals surface area contributed by atoms with Crippen LogP contribution in [0.15, 0.2) is 12.3 Å². The van der Waals surface area contributed by atoms with Crippen molar-refractivity contribution in [3.8, 4) is 5.75 Å². The van der Waals surface area contributed by atoms with Gasteiger partial charge in [0.05, 0.1) is 13.3 Å². The predicted molar refractivity (Wildman–Crippen MR) is 40.8 cm³/mol. The van der Waals surface area contributed by atoms with Crippen molar-refractivity contribution in [3.63, 3.8) is 0 Å². The Morgan fingerprint density at radius 3 is 2.00 bits per heavy atom. The Kier molecular flexibility index (Phi) is 3.02. The van der Waals surface area contributed by atoms with Gasteiger partial charge in [-0.3, -0.25) is 0 Å². The Morgan fingerprint density at radius 1 is 1.06 bits per heavy atom. The van der Waals surface area contributed by atoms with E-state index in [1.54, 1.807) is 0 Å². The van der Waals surface area contributed by atoms with Crippen LogP contribution in [-0.2, 0) is 12.4 Å². The number of aromatic nitrogens is 1. The normalized spacial score (nSPS) is 12.7. The van der Waals surface area contributed by atoms with E-state index in [1.165, 1.54) is 0 Å². The highest BCUT2D eigenvalue weighted by Crippen LogP contribution is 2.38. The number of methoxy groups -OCH3 is 1. The highest BCUT2D eigenvalue weighted by atomic mass is 19.4. The summed E-state index contributed by atoms with van der Waals surface area (Å²) in [5, 5.41) is 0. The molecule has 0 saturated heterocycles. The fourth-order valence-electron chi connectivity index (χ4n) is 0.982. The summed E-state index contributed by atoms with van der Waals surface area (Å²) < 4.78 is 77.6. The van der Waals surface area contributed by atoms with E-state index in [1.807, 2.05) is 0 Å². The van der Waals surface area contributed by atoms with E-state index < -0.39 is 29.4 Å². The third-order valence-corrected chi connectivity index (χ3v) is 1.68. The molecule has 1 heterocycles. The van der Waals surface area contributed by atoms with Crippen LogP contribution >= 0.6 is 0 Å². The molecule has 0 fully saturated rings. The lowest BCUT2D eigenvalue weighted by Crippen LogP contribution is -2.13. The molecule has 16 heavy (non-hydrogen) atoms. The van der Waals surface area contributed by atoms with Crippen molar-refractivity contribution in [1.82, 2.24) is 4.98 Å². The van der Waals surface area contributed by atoms with Gasteiger partial charge in [-0.2, -0.15) is 26.3 Å². The summed E-state index contributed by atoms with van der Waals surface area (Å²) in [6.07, 6.45) is -9.45. The molecule has 1 aromatic rings. The zero-order valence-corrected chi connectivity index (χ0v) is 7.78. The largest absolute Gasteiger partial charge is 0.495 e. The third kappa shape index (κ3) is 2.56. The van der Waals surface area contributed by atoms with Crippen LogP contribution in [0.4, 0.5) is 26.3 Å². The molecule has 0 bridgehead atoms. The Bertz CT molecular complexity index is 383. The van der Waals surface area contributed by atoms with Crippen LogP contribution < -0.4 is 4.74 Å². The van der Waals surface area contributed by atoms with Crippen molar-refractivity contribution in [1.29, 1.82) is 0 Å². The van der Waals surface area contributed by atoms with Gasteiger partial charge in [-0.15, -0.1) is 0 Å². The molecule has 8 heteroatoms.